The number of piperidine rings is 1. The number of urea groups is 1. The van der Waals surface area contributed by atoms with Crippen LogP contribution in [0.3, 0.4) is 0 Å². The molecule has 7 nitrogen and oxygen atoms in total. The number of hydrogen-bond acceptors (Lipinski definition) is 4. The number of likely N-dealkylation sites (tertiary alicyclic amines) is 1. The van der Waals surface area contributed by atoms with Crippen molar-refractivity contribution in [2.24, 2.45) is 5.92 Å². The van der Waals surface area contributed by atoms with Crippen LogP contribution in [0, 0.1) is 5.92 Å². The van der Waals surface area contributed by atoms with E-state index in [1.54, 1.807) is 24.3 Å². The molecule has 0 unspecified atom stereocenters. The molecule has 2 saturated heterocycles. The molecular formula is C26H26ClN3O4. The first-order valence-corrected chi connectivity index (χ1v) is 11.9. The molecule has 0 bridgehead atoms. The summed E-state index contributed by atoms with van der Waals surface area (Å²) < 4.78 is 5.70. The Hall–Kier alpha value is -3.32. The summed E-state index contributed by atoms with van der Waals surface area (Å²) >= 11 is 6.18. The zero-order valence-electron chi connectivity index (χ0n) is 19.1. The summed E-state index contributed by atoms with van der Waals surface area (Å²) in [4.78, 5) is 39.4. The van der Waals surface area contributed by atoms with Gasteiger partial charge in [0.1, 0.15) is 11.1 Å². The third kappa shape index (κ3) is 3.64. The molecule has 0 saturated carbocycles. The number of furan rings is 1. The maximum atomic E-state index is 13.2. The maximum Gasteiger partial charge on any atom is 0.322 e. The molecule has 4 amide bonds. The Morgan fingerprint density at radius 3 is 2.44 bits per heavy atom. The highest BCUT2D eigenvalue weighted by atomic mass is 35.5. The van der Waals surface area contributed by atoms with Gasteiger partial charge in [-0.3, -0.25) is 14.9 Å². The van der Waals surface area contributed by atoms with Crippen LogP contribution in [0.15, 0.2) is 53.1 Å². The summed E-state index contributed by atoms with van der Waals surface area (Å²) in [6, 6.07) is 12.1. The molecule has 2 N–H and O–H groups in total. The van der Waals surface area contributed by atoms with Gasteiger partial charge in [-0.05, 0) is 60.6 Å². The number of amides is 4. The van der Waals surface area contributed by atoms with Crippen molar-refractivity contribution >= 4 is 40.4 Å². The van der Waals surface area contributed by atoms with Gasteiger partial charge in [0.25, 0.3) is 11.8 Å². The van der Waals surface area contributed by atoms with Gasteiger partial charge in [0.05, 0.1) is 6.26 Å². The Kier molecular flexibility index (Phi) is 5.60. The van der Waals surface area contributed by atoms with Gasteiger partial charge in [-0.1, -0.05) is 37.6 Å². The Morgan fingerprint density at radius 2 is 1.82 bits per heavy atom. The number of nitrogens with zero attached hydrogens (tertiary/aromatic N) is 1. The minimum atomic E-state index is -1.13. The van der Waals surface area contributed by atoms with Crippen molar-refractivity contribution < 1.29 is 18.8 Å². The average molecular weight is 480 g/mol. The topological polar surface area (TPSA) is 91.7 Å². The largest absolute Gasteiger partial charge is 0.464 e. The van der Waals surface area contributed by atoms with Crippen LogP contribution in [0.4, 0.5) is 4.79 Å². The molecule has 3 aromatic rings. The molecule has 0 aliphatic carbocycles. The number of fused-ring (bicyclic) bond motifs is 1. The maximum absolute atomic E-state index is 13.2. The van der Waals surface area contributed by atoms with Crippen molar-refractivity contribution in [2.45, 2.75) is 38.1 Å². The summed E-state index contributed by atoms with van der Waals surface area (Å²) in [5, 5.41) is 6.81. The third-order valence-electron chi connectivity index (χ3n) is 7.14. The van der Waals surface area contributed by atoms with Crippen LogP contribution in [0.2, 0.25) is 5.02 Å². The summed E-state index contributed by atoms with van der Waals surface area (Å²) in [7, 11) is 0. The number of benzene rings is 2. The molecule has 2 aliphatic heterocycles. The fourth-order valence-electron chi connectivity index (χ4n) is 5.20. The van der Waals surface area contributed by atoms with Crippen molar-refractivity contribution in [1.82, 2.24) is 15.5 Å². The fourth-order valence-corrected chi connectivity index (χ4v) is 5.37. The van der Waals surface area contributed by atoms with Gasteiger partial charge in [-0.2, -0.15) is 0 Å². The monoisotopic (exact) mass is 479 g/mol. The molecule has 176 valence electrons. The van der Waals surface area contributed by atoms with Crippen LogP contribution >= 0.6 is 11.6 Å². The van der Waals surface area contributed by atoms with Gasteiger partial charge >= 0.3 is 6.03 Å². The average Bonchev–Trinajstić information content (AvgIpc) is 3.39. The Morgan fingerprint density at radius 1 is 1.12 bits per heavy atom. The Balaban J connectivity index is 1.29. The molecule has 34 heavy (non-hydrogen) atoms. The van der Waals surface area contributed by atoms with E-state index in [2.05, 4.69) is 10.6 Å². The van der Waals surface area contributed by atoms with E-state index in [9.17, 15) is 14.4 Å². The minimum absolute atomic E-state index is 0.0383. The predicted molar refractivity (Wildman–Crippen MR) is 129 cm³/mol. The summed E-state index contributed by atoms with van der Waals surface area (Å²) in [6.07, 6.45) is 3.49. The van der Waals surface area contributed by atoms with Crippen molar-refractivity contribution in [3.8, 4) is 0 Å². The first-order valence-electron chi connectivity index (χ1n) is 11.5. The van der Waals surface area contributed by atoms with Crippen molar-refractivity contribution in [3.05, 3.63) is 70.4 Å². The molecular weight excluding hydrogens is 454 g/mol. The summed E-state index contributed by atoms with van der Waals surface area (Å²) in [5.74, 6) is -0.264. The van der Waals surface area contributed by atoms with E-state index in [1.165, 1.54) is 0 Å². The lowest BCUT2D eigenvalue weighted by Gasteiger charge is -2.32. The SMILES string of the molecule is CC(C)[C@]1(c2ccc(C(=O)N3CCC(c4coc5ccc(Cl)cc45)CC3)cc2)NC(=O)NC1=O. The van der Waals surface area contributed by atoms with Crippen molar-refractivity contribution in [3.63, 3.8) is 0 Å². The first kappa shape index (κ1) is 22.5. The Labute approximate surface area is 202 Å². The highest BCUT2D eigenvalue weighted by molar-refractivity contribution is 6.31. The number of rotatable bonds is 4. The molecule has 3 heterocycles. The number of hydrogen-bond donors (Lipinski definition) is 2. The zero-order valence-corrected chi connectivity index (χ0v) is 19.8. The molecule has 0 spiro atoms. The molecule has 1 aromatic heterocycles. The Bertz CT molecular complexity index is 1270. The lowest BCUT2D eigenvalue weighted by Crippen LogP contribution is -2.48. The van der Waals surface area contributed by atoms with E-state index in [0.717, 1.165) is 29.4 Å². The number of carbonyl (C=O) groups is 3. The summed E-state index contributed by atoms with van der Waals surface area (Å²) in [5.41, 5.74) is 2.06. The minimum Gasteiger partial charge on any atom is -0.464 e. The van der Waals surface area contributed by atoms with Gasteiger partial charge < -0.3 is 14.6 Å². The number of carbonyl (C=O) groups excluding carboxylic acids is 3. The molecule has 5 rings (SSSR count). The van der Waals surface area contributed by atoms with Gasteiger partial charge in [-0.25, -0.2) is 4.79 Å². The van der Waals surface area contributed by atoms with Crippen LogP contribution < -0.4 is 10.6 Å². The highest BCUT2D eigenvalue weighted by Gasteiger charge is 2.50. The van der Waals surface area contributed by atoms with Crippen LogP contribution in [0.1, 0.15) is 54.1 Å². The first-order chi connectivity index (χ1) is 16.3. The van der Waals surface area contributed by atoms with Crippen LogP contribution in [-0.2, 0) is 10.3 Å². The second-order valence-electron chi connectivity index (χ2n) is 9.35. The smallest absolute Gasteiger partial charge is 0.322 e. The van der Waals surface area contributed by atoms with Gasteiger partial charge in [-0.15, -0.1) is 0 Å². The van der Waals surface area contributed by atoms with Gasteiger partial charge in [0.2, 0.25) is 0 Å². The van der Waals surface area contributed by atoms with Gasteiger partial charge in [0.15, 0.2) is 0 Å². The number of imide groups is 1. The predicted octanol–water partition coefficient (Wildman–Crippen LogP) is 4.80. The van der Waals surface area contributed by atoms with Crippen LogP contribution in [0.5, 0.6) is 0 Å². The fraction of sp³-hybridized carbons (Fsp3) is 0.346. The number of halogens is 1. The molecule has 2 aromatic carbocycles. The van der Waals surface area contributed by atoms with Gasteiger partial charge in [0, 0.05) is 34.6 Å². The van der Waals surface area contributed by atoms with E-state index in [0.29, 0.717) is 35.2 Å². The standard InChI is InChI=1S/C26H26ClN3O4/c1-15(2)26(24(32)28-25(33)29-26)18-5-3-17(4-6-18)23(31)30-11-9-16(10-12-30)21-14-34-22-8-7-19(27)13-20(21)22/h3-8,13-16H,9-12H2,1-2H3,(H2,28,29,32,33)/t26-/m1/s1. The normalized spacial score (nSPS) is 21.2. The quantitative estimate of drug-likeness (QED) is 0.526. The lowest BCUT2D eigenvalue weighted by molar-refractivity contribution is -0.125. The molecule has 0 radical (unpaired) electrons. The van der Waals surface area contributed by atoms with E-state index >= 15 is 0 Å². The summed E-state index contributed by atoms with van der Waals surface area (Å²) in [6.45, 7) is 5.05. The molecule has 2 aliphatic rings. The van der Waals surface area contributed by atoms with Crippen LogP contribution in [0.25, 0.3) is 11.0 Å². The van der Waals surface area contributed by atoms with Crippen molar-refractivity contribution in [1.29, 1.82) is 0 Å². The van der Waals surface area contributed by atoms with Crippen molar-refractivity contribution in [2.75, 3.05) is 13.1 Å². The zero-order chi connectivity index (χ0) is 24.0. The van der Waals surface area contributed by atoms with Crippen LogP contribution in [-0.4, -0.2) is 35.8 Å². The molecule has 8 heteroatoms. The van der Waals surface area contributed by atoms with E-state index in [-0.39, 0.29) is 17.7 Å². The van der Waals surface area contributed by atoms with E-state index in [1.807, 2.05) is 43.2 Å². The van der Waals surface area contributed by atoms with E-state index < -0.39 is 11.6 Å². The third-order valence-corrected chi connectivity index (χ3v) is 7.37. The molecule has 2 fully saturated rings. The highest BCUT2D eigenvalue weighted by Crippen LogP contribution is 2.36. The second kappa shape index (κ2) is 8.47. The molecule has 1 atom stereocenters. The number of nitrogens with one attached hydrogen (secondary N) is 2. The second-order valence-corrected chi connectivity index (χ2v) is 9.78. The lowest BCUT2D eigenvalue weighted by atomic mass is 9.79. The van der Waals surface area contributed by atoms with E-state index in [4.69, 9.17) is 16.0 Å².